The quantitative estimate of drug-likeness (QED) is 0.696. The Morgan fingerprint density at radius 2 is 1.65 bits per heavy atom. The van der Waals surface area contributed by atoms with Gasteiger partial charge >= 0.3 is 0 Å². The largest absolute Gasteiger partial charge is 0.256 e. The highest BCUT2D eigenvalue weighted by atomic mass is 35.5. The van der Waals surface area contributed by atoms with Gasteiger partial charge in [-0.2, -0.15) is 0 Å². The smallest absolute Gasteiger partial charge is 0.0630 e. The molecule has 0 fully saturated rings. The maximum Gasteiger partial charge on any atom is 0.0630 e. The molecule has 0 aliphatic carbocycles. The lowest BCUT2D eigenvalue weighted by Crippen LogP contribution is -1.83. The normalized spacial score (nSPS) is 10.9. The second-order valence-corrected chi connectivity index (χ2v) is 4.27. The summed E-state index contributed by atoms with van der Waals surface area (Å²) in [6.07, 6.45) is 2.93. The number of aryl methyl sites for hydroxylation is 1. The van der Waals surface area contributed by atoms with Crippen LogP contribution in [0.25, 0.3) is 0 Å². The summed E-state index contributed by atoms with van der Waals surface area (Å²) in [5.74, 6) is 0. The fourth-order valence-corrected chi connectivity index (χ4v) is 1.64. The van der Waals surface area contributed by atoms with Gasteiger partial charge in [-0.15, -0.1) is 0 Å². The minimum atomic E-state index is 0.733. The Morgan fingerprint density at radius 1 is 1.00 bits per heavy atom. The van der Waals surface area contributed by atoms with E-state index in [-0.39, 0.29) is 0 Å². The topological polar surface area (TPSA) is 12.4 Å². The van der Waals surface area contributed by atoms with Gasteiger partial charge in [-0.1, -0.05) is 42.8 Å². The zero-order valence-electron chi connectivity index (χ0n) is 9.73. The molecular weight excluding hydrogens is 230 g/mol. The molecule has 0 aromatic heterocycles. The second kappa shape index (κ2) is 5.65. The van der Waals surface area contributed by atoms with E-state index in [4.69, 9.17) is 11.6 Å². The summed E-state index contributed by atoms with van der Waals surface area (Å²) >= 11 is 5.81. The Balaban J connectivity index is 2.11. The molecule has 0 saturated carbocycles. The molecule has 0 unspecified atom stereocenters. The Kier molecular flexibility index (Phi) is 3.94. The first-order valence-corrected chi connectivity index (χ1v) is 6.04. The Hall–Kier alpha value is -1.60. The lowest BCUT2D eigenvalue weighted by atomic mass is 10.1. The average Bonchev–Trinajstić information content (AvgIpc) is 2.39. The van der Waals surface area contributed by atoms with Gasteiger partial charge in [-0.25, -0.2) is 0 Å². The number of rotatable bonds is 3. The first-order valence-electron chi connectivity index (χ1n) is 5.66. The van der Waals surface area contributed by atoms with E-state index in [9.17, 15) is 0 Å². The van der Waals surface area contributed by atoms with Crippen LogP contribution in [-0.4, -0.2) is 6.21 Å². The highest BCUT2D eigenvalue weighted by Gasteiger charge is 1.91. The minimum Gasteiger partial charge on any atom is -0.256 e. The second-order valence-electron chi connectivity index (χ2n) is 3.83. The minimum absolute atomic E-state index is 0.733. The summed E-state index contributed by atoms with van der Waals surface area (Å²) in [7, 11) is 0. The van der Waals surface area contributed by atoms with Crippen LogP contribution in [0.15, 0.2) is 53.5 Å². The van der Waals surface area contributed by atoms with Gasteiger partial charge < -0.3 is 0 Å². The van der Waals surface area contributed by atoms with Gasteiger partial charge in [0, 0.05) is 11.2 Å². The third-order valence-corrected chi connectivity index (χ3v) is 2.83. The first-order chi connectivity index (χ1) is 8.28. The Morgan fingerprint density at radius 3 is 2.24 bits per heavy atom. The van der Waals surface area contributed by atoms with Gasteiger partial charge in [0.05, 0.1) is 5.69 Å². The highest BCUT2D eigenvalue weighted by molar-refractivity contribution is 6.30. The Labute approximate surface area is 107 Å². The van der Waals surface area contributed by atoms with Crippen molar-refractivity contribution in [3.05, 3.63) is 64.7 Å². The molecule has 86 valence electrons. The molecule has 0 atom stereocenters. The van der Waals surface area contributed by atoms with Crippen LogP contribution in [-0.2, 0) is 6.42 Å². The van der Waals surface area contributed by atoms with Crippen LogP contribution in [0, 0.1) is 0 Å². The molecule has 0 radical (unpaired) electrons. The zero-order chi connectivity index (χ0) is 12.1. The van der Waals surface area contributed by atoms with E-state index in [2.05, 4.69) is 36.2 Å². The predicted molar refractivity (Wildman–Crippen MR) is 74.5 cm³/mol. The number of nitrogens with zero attached hydrogens (tertiary/aromatic N) is 1. The molecule has 0 spiro atoms. The van der Waals surface area contributed by atoms with Crippen molar-refractivity contribution in [3.63, 3.8) is 0 Å². The van der Waals surface area contributed by atoms with Crippen LogP contribution in [0.5, 0.6) is 0 Å². The standard InChI is InChI=1S/C15H14ClN/c1-2-12-3-5-13(6-4-12)11-17-15-9-7-14(16)8-10-15/h3-11H,2H2,1H3. The first kappa shape index (κ1) is 11.9. The molecule has 0 N–H and O–H groups in total. The van der Waals surface area contributed by atoms with Crippen molar-refractivity contribution >= 4 is 23.5 Å². The lowest BCUT2D eigenvalue weighted by Gasteiger charge is -1.97. The molecule has 1 nitrogen and oxygen atoms in total. The van der Waals surface area contributed by atoms with Crippen molar-refractivity contribution in [3.8, 4) is 0 Å². The molecule has 2 rings (SSSR count). The van der Waals surface area contributed by atoms with Crippen molar-refractivity contribution in [2.45, 2.75) is 13.3 Å². The molecular formula is C15H14ClN. The van der Waals surface area contributed by atoms with Crippen molar-refractivity contribution in [1.82, 2.24) is 0 Å². The van der Waals surface area contributed by atoms with Crippen LogP contribution in [0.1, 0.15) is 18.1 Å². The third kappa shape index (κ3) is 3.43. The van der Waals surface area contributed by atoms with E-state index in [0.29, 0.717) is 0 Å². The molecule has 0 saturated heterocycles. The molecule has 0 aliphatic rings. The van der Waals surface area contributed by atoms with Gasteiger partial charge in [0.25, 0.3) is 0 Å². The molecule has 0 aliphatic heterocycles. The number of benzene rings is 2. The number of aliphatic imine (C=N–C) groups is 1. The molecule has 0 amide bonds. The van der Waals surface area contributed by atoms with Crippen molar-refractivity contribution < 1.29 is 0 Å². The molecule has 2 heteroatoms. The maximum absolute atomic E-state index is 5.81. The summed E-state index contributed by atoms with van der Waals surface area (Å²) < 4.78 is 0. The van der Waals surface area contributed by atoms with Crippen molar-refractivity contribution in [2.75, 3.05) is 0 Å². The van der Waals surface area contributed by atoms with Crippen LogP contribution in [0.4, 0.5) is 5.69 Å². The van der Waals surface area contributed by atoms with Crippen molar-refractivity contribution in [2.24, 2.45) is 4.99 Å². The number of hydrogen-bond acceptors (Lipinski definition) is 1. The summed E-state index contributed by atoms with van der Waals surface area (Å²) in [6.45, 7) is 2.15. The number of hydrogen-bond donors (Lipinski definition) is 0. The average molecular weight is 244 g/mol. The summed E-state index contributed by atoms with van der Waals surface area (Å²) in [4.78, 5) is 4.39. The van der Waals surface area contributed by atoms with Gasteiger partial charge in [-0.3, -0.25) is 4.99 Å². The van der Waals surface area contributed by atoms with Crippen LogP contribution < -0.4 is 0 Å². The lowest BCUT2D eigenvalue weighted by molar-refractivity contribution is 1.14. The highest BCUT2D eigenvalue weighted by Crippen LogP contribution is 2.16. The van der Waals surface area contributed by atoms with Gasteiger partial charge in [0.1, 0.15) is 0 Å². The van der Waals surface area contributed by atoms with E-state index >= 15 is 0 Å². The Bertz CT molecular complexity index is 497. The molecule has 0 bridgehead atoms. The molecule has 0 heterocycles. The van der Waals surface area contributed by atoms with Gasteiger partial charge in [0.15, 0.2) is 0 Å². The van der Waals surface area contributed by atoms with E-state index in [0.717, 1.165) is 22.7 Å². The van der Waals surface area contributed by atoms with E-state index in [1.54, 1.807) is 0 Å². The van der Waals surface area contributed by atoms with Crippen LogP contribution in [0.2, 0.25) is 5.02 Å². The summed E-state index contributed by atoms with van der Waals surface area (Å²) in [5, 5.41) is 0.733. The third-order valence-electron chi connectivity index (χ3n) is 2.58. The van der Waals surface area contributed by atoms with E-state index in [1.807, 2.05) is 30.5 Å². The van der Waals surface area contributed by atoms with Gasteiger partial charge in [0.2, 0.25) is 0 Å². The fraction of sp³-hybridized carbons (Fsp3) is 0.133. The van der Waals surface area contributed by atoms with Gasteiger partial charge in [-0.05, 0) is 41.8 Å². The fourth-order valence-electron chi connectivity index (χ4n) is 1.52. The summed E-state index contributed by atoms with van der Waals surface area (Å²) in [6, 6.07) is 15.9. The summed E-state index contributed by atoms with van der Waals surface area (Å²) in [5.41, 5.74) is 3.36. The molecule has 17 heavy (non-hydrogen) atoms. The van der Waals surface area contributed by atoms with Crippen LogP contribution in [0.3, 0.4) is 0 Å². The van der Waals surface area contributed by atoms with Crippen molar-refractivity contribution in [1.29, 1.82) is 0 Å². The SMILES string of the molecule is CCc1ccc(C=Nc2ccc(Cl)cc2)cc1. The monoisotopic (exact) mass is 243 g/mol. The molecule has 2 aromatic carbocycles. The zero-order valence-corrected chi connectivity index (χ0v) is 10.5. The molecule has 2 aromatic rings. The number of halogens is 1. The van der Waals surface area contributed by atoms with E-state index < -0.39 is 0 Å². The predicted octanol–water partition coefficient (Wildman–Crippen LogP) is 4.65. The van der Waals surface area contributed by atoms with E-state index in [1.165, 1.54) is 5.56 Å². The van der Waals surface area contributed by atoms with Crippen LogP contribution >= 0.6 is 11.6 Å². The maximum atomic E-state index is 5.81.